The Kier molecular flexibility index (Phi) is 5.51. The van der Waals surface area contributed by atoms with E-state index in [-0.39, 0.29) is 0 Å². The first-order chi connectivity index (χ1) is 5.06. The molecular formula is C9H22N2. The third-order valence-corrected chi connectivity index (χ3v) is 1.44. The number of hydrogen-bond donors (Lipinski definition) is 2. The highest BCUT2D eigenvalue weighted by Crippen LogP contribution is 2.09. The molecule has 2 heteroatoms. The Morgan fingerprint density at radius 3 is 2.18 bits per heavy atom. The van der Waals surface area contributed by atoms with Crippen molar-refractivity contribution < 1.29 is 0 Å². The SMILES string of the molecule is CNCCCNCC(C)(C)C. The first-order valence-corrected chi connectivity index (χ1v) is 4.41. The monoisotopic (exact) mass is 158 g/mol. The van der Waals surface area contributed by atoms with Crippen molar-refractivity contribution in [3.63, 3.8) is 0 Å². The van der Waals surface area contributed by atoms with Crippen LogP contribution in [0.4, 0.5) is 0 Å². The van der Waals surface area contributed by atoms with Crippen molar-refractivity contribution in [2.24, 2.45) is 5.41 Å². The van der Waals surface area contributed by atoms with E-state index in [1.807, 2.05) is 7.05 Å². The zero-order chi connectivity index (χ0) is 8.74. The van der Waals surface area contributed by atoms with Crippen LogP contribution in [0.15, 0.2) is 0 Å². The van der Waals surface area contributed by atoms with Crippen LogP contribution < -0.4 is 10.6 Å². The average molecular weight is 158 g/mol. The number of hydrogen-bond acceptors (Lipinski definition) is 2. The summed E-state index contributed by atoms with van der Waals surface area (Å²) in [7, 11) is 1.99. The first-order valence-electron chi connectivity index (χ1n) is 4.41. The highest BCUT2D eigenvalue weighted by atomic mass is 14.9. The van der Waals surface area contributed by atoms with Gasteiger partial charge in [0.25, 0.3) is 0 Å². The Labute approximate surface area is 70.8 Å². The van der Waals surface area contributed by atoms with E-state index in [1.165, 1.54) is 6.42 Å². The summed E-state index contributed by atoms with van der Waals surface area (Å²) in [6, 6.07) is 0. The molecule has 0 aromatic heterocycles. The van der Waals surface area contributed by atoms with Crippen LogP contribution in [-0.2, 0) is 0 Å². The first kappa shape index (κ1) is 10.9. The Morgan fingerprint density at radius 1 is 1.09 bits per heavy atom. The molecule has 0 aliphatic heterocycles. The van der Waals surface area contributed by atoms with Gasteiger partial charge in [-0.25, -0.2) is 0 Å². The van der Waals surface area contributed by atoms with E-state index in [1.54, 1.807) is 0 Å². The standard InChI is InChI=1S/C9H22N2/c1-9(2,3)8-11-7-5-6-10-4/h10-11H,5-8H2,1-4H3. The Bertz CT molecular complexity index is 84.1. The van der Waals surface area contributed by atoms with E-state index in [4.69, 9.17) is 0 Å². The third kappa shape index (κ3) is 9.92. The van der Waals surface area contributed by atoms with Crippen molar-refractivity contribution >= 4 is 0 Å². The molecule has 68 valence electrons. The van der Waals surface area contributed by atoms with E-state index in [2.05, 4.69) is 31.4 Å². The highest BCUT2D eigenvalue weighted by Gasteiger charge is 2.07. The van der Waals surface area contributed by atoms with Gasteiger partial charge in [0.15, 0.2) is 0 Å². The molecule has 0 unspecified atom stereocenters. The normalized spacial score (nSPS) is 12.0. The molecular weight excluding hydrogens is 136 g/mol. The topological polar surface area (TPSA) is 24.1 Å². The minimum atomic E-state index is 0.416. The van der Waals surface area contributed by atoms with Crippen molar-refractivity contribution in [2.75, 3.05) is 26.7 Å². The van der Waals surface area contributed by atoms with E-state index in [9.17, 15) is 0 Å². The second kappa shape index (κ2) is 5.56. The van der Waals surface area contributed by atoms with Crippen LogP contribution in [0.1, 0.15) is 27.2 Å². The molecule has 0 spiro atoms. The van der Waals surface area contributed by atoms with Gasteiger partial charge in [0.1, 0.15) is 0 Å². The quantitative estimate of drug-likeness (QED) is 0.588. The lowest BCUT2D eigenvalue weighted by Crippen LogP contribution is -2.28. The Hall–Kier alpha value is -0.0800. The van der Waals surface area contributed by atoms with Gasteiger partial charge < -0.3 is 10.6 Å². The lowest BCUT2D eigenvalue weighted by atomic mass is 9.97. The minimum Gasteiger partial charge on any atom is -0.320 e. The summed E-state index contributed by atoms with van der Waals surface area (Å²) in [5.41, 5.74) is 0.416. The highest BCUT2D eigenvalue weighted by molar-refractivity contribution is 4.64. The van der Waals surface area contributed by atoms with Crippen molar-refractivity contribution in [1.82, 2.24) is 10.6 Å². The lowest BCUT2D eigenvalue weighted by molar-refractivity contribution is 0.379. The van der Waals surface area contributed by atoms with Crippen molar-refractivity contribution in [3.8, 4) is 0 Å². The summed E-state index contributed by atoms with van der Waals surface area (Å²) in [6.07, 6.45) is 1.21. The predicted molar refractivity (Wildman–Crippen MR) is 50.9 cm³/mol. The van der Waals surface area contributed by atoms with Gasteiger partial charge in [-0.15, -0.1) is 0 Å². The van der Waals surface area contributed by atoms with Gasteiger partial charge >= 0.3 is 0 Å². The summed E-state index contributed by atoms with van der Waals surface area (Å²) in [5, 5.41) is 6.55. The number of rotatable bonds is 5. The van der Waals surface area contributed by atoms with Crippen LogP contribution in [-0.4, -0.2) is 26.7 Å². The third-order valence-electron chi connectivity index (χ3n) is 1.44. The van der Waals surface area contributed by atoms with Crippen LogP contribution in [0.5, 0.6) is 0 Å². The molecule has 0 aliphatic rings. The van der Waals surface area contributed by atoms with Gasteiger partial charge in [0, 0.05) is 0 Å². The minimum absolute atomic E-state index is 0.416. The van der Waals surface area contributed by atoms with Crippen LogP contribution in [0, 0.1) is 5.41 Å². The molecule has 0 bridgehead atoms. The van der Waals surface area contributed by atoms with E-state index in [0.29, 0.717) is 5.41 Å². The molecule has 0 radical (unpaired) electrons. The van der Waals surface area contributed by atoms with Crippen LogP contribution >= 0.6 is 0 Å². The summed E-state index contributed by atoms with van der Waals surface area (Å²) in [5.74, 6) is 0. The Morgan fingerprint density at radius 2 is 1.73 bits per heavy atom. The molecule has 0 saturated carbocycles. The van der Waals surface area contributed by atoms with Crippen LogP contribution in [0.2, 0.25) is 0 Å². The maximum absolute atomic E-state index is 3.42. The van der Waals surface area contributed by atoms with Gasteiger partial charge in [0.2, 0.25) is 0 Å². The molecule has 0 atom stereocenters. The van der Waals surface area contributed by atoms with Crippen molar-refractivity contribution in [3.05, 3.63) is 0 Å². The molecule has 0 aromatic carbocycles. The molecule has 11 heavy (non-hydrogen) atoms. The van der Waals surface area contributed by atoms with E-state index >= 15 is 0 Å². The predicted octanol–water partition coefficient (Wildman–Crippen LogP) is 1.23. The molecule has 0 aromatic rings. The summed E-state index contributed by atoms with van der Waals surface area (Å²) in [6.45, 7) is 10.1. The molecule has 0 saturated heterocycles. The van der Waals surface area contributed by atoms with Crippen molar-refractivity contribution in [2.45, 2.75) is 27.2 Å². The zero-order valence-corrected chi connectivity index (χ0v) is 8.33. The van der Waals surface area contributed by atoms with Crippen molar-refractivity contribution in [1.29, 1.82) is 0 Å². The second-order valence-electron chi connectivity index (χ2n) is 4.19. The largest absolute Gasteiger partial charge is 0.320 e. The molecule has 2 N–H and O–H groups in total. The molecule has 0 fully saturated rings. The van der Waals surface area contributed by atoms with Crippen LogP contribution in [0.25, 0.3) is 0 Å². The van der Waals surface area contributed by atoms with Gasteiger partial charge in [-0.05, 0) is 38.5 Å². The molecule has 0 amide bonds. The van der Waals surface area contributed by atoms with Gasteiger partial charge in [-0.3, -0.25) is 0 Å². The maximum Gasteiger partial charge on any atom is -0.0000116 e. The fraction of sp³-hybridized carbons (Fsp3) is 1.00. The number of nitrogens with one attached hydrogen (secondary N) is 2. The summed E-state index contributed by atoms with van der Waals surface area (Å²) < 4.78 is 0. The molecule has 2 nitrogen and oxygen atoms in total. The van der Waals surface area contributed by atoms with Gasteiger partial charge in [-0.1, -0.05) is 20.8 Å². The Balaban J connectivity index is 3.02. The smallest absolute Gasteiger partial charge is 0.0000116 e. The summed E-state index contributed by atoms with van der Waals surface area (Å²) >= 11 is 0. The van der Waals surface area contributed by atoms with Crippen LogP contribution in [0.3, 0.4) is 0 Å². The zero-order valence-electron chi connectivity index (χ0n) is 8.33. The second-order valence-corrected chi connectivity index (χ2v) is 4.19. The van der Waals surface area contributed by atoms with E-state index < -0.39 is 0 Å². The van der Waals surface area contributed by atoms with Gasteiger partial charge in [-0.2, -0.15) is 0 Å². The average Bonchev–Trinajstić information content (AvgIpc) is 1.85. The summed E-state index contributed by atoms with van der Waals surface area (Å²) in [4.78, 5) is 0. The fourth-order valence-electron chi connectivity index (χ4n) is 0.854. The molecule has 0 heterocycles. The molecule has 0 rings (SSSR count). The van der Waals surface area contributed by atoms with E-state index in [0.717, 1.165) is 19.6 Å². The fourth-order valence-corrected chi connectivity index (χ4v) is 0.854. The lowest BCUT2D eigenvalue weighted by Gasteiger charge is -2.18. The van der Waals surface area contributed by atoms with Gasteiger partial charge in [0.05, 0.1) is 0 Å². The maximum atomic E-state index is 3.42. The molecule has 0 aliphatic carbocycles.